The van der Waals surface area contributed by atoms with Gasteiger partial charge in [0.05, 0.1) is 17.1 Å². The van der Waals surface area contributed by atoms with Gasteiger partial charge in [-0.3, -0.25) is 14.6 Å². The van der Waals surface area contributed by atoms with Gasteiger partial charge in [0.1, 0.15) is 5.82 Å². The van der Waals surface area contributed by atoms with Gasteiger partial charge in [-0.2, -0.15) is 0 Å². The second-order valence-corrected chi connectivity index (χ2v) is 8.64. The number of hydrogen-bond acceptors (Lipinski definition) is 3. The van der Waals surface area contributed by atoms with Gasteiger partial charge in [0.15, 0.2) is 0 Å². The molecule has 0 radical (unpaired) electrons. The molecule has 1 atom stereocenters. The molecule has 2 amide bonds. The van der Waals surface area contributed by atoms with Crippen molar-refractivity contribution >= 4 is 55.9 Å². The van der Waals surface area contributed by atoms with E-state index in [0.29, 0.717) is 43.0 Å². The normalized spacial score (nSPS) is 14.8. The molecule has 1 aliphatic heterocycles. The molecule has 0 aliphatic carbocycles. The summed E-state index contributed by atoms with van der Waals surface area (Å²) in [6.07, 6.45) is 1.63. The molecule has 32 heavy (non-hydrogen) atoms. The molecule has 158 valence electrons. The van der Waals surface area contributed by atoms with Crippen molar-refractivity contribution in [2.45, 2.75) is 6.04 Å². The first-order valence-corrected chi connectivity index (χ1v) is 10.8. The highest BCUT2D eigenvalue weighted by Gasteiger charge is 2.34. The number of rotatable bonds is 3. The Kier molecular flexibility index (Phi) is 5.15. The number of hydrogen-bond donors (Lipinski definition) is 2. The van der Waals surface area contributed by atoms with Crippen molar-refractivity contribution in [3.8, 4) is 0 Å². The summed E-state index contributed by atoms with van der Waals surface area (Å²) in [6, 6.07) is 15.6. The monoisotopic (exact) mass is 509 g/mol. The number of nitrogens with one attached hydrogen (secondary N) is 2. The number of aromatic nitrogens is 1. The maximum atomic E-state index is 14.0. The molecule has 2 heterocycles. The van der Waals surface area contributed by atoms with Crippen LogP contribution in [0.4, 0.5) is 10.1 Å². The van der Waals surface area contributed by atoms with Crippen LogP contribution in [0.2, 0.25) is 5.02 Å². The second kappa shape index (κ2) is 8.00. The smallest absolute Gasteiger partial charge is 0.257 e. The summed E-state index contributed by atoms with van der Waals surface area (Å²) in [7, 11) is 0. The number of pyridine rings is 1. The van der Waals surface area contributed by atoms with Crippen LogP contribution in [0.3, 0.4) is 0 Å². The first-order chi connectivity index (χ1) is 15.4. The Morgan fingerprint density at radius 2 is 1.94 bits per heavy atom. The molecule has 1 aromatic heterocycles. The van der Waals surface area contributed by atoms with Crippen LogP contribution in [0.5, 0.6) is 0 Å². The number of carbonyl (C=O) groups excluding carboxylic acids is 2. The molecule has 0 fully saturated rings. The maximum Gasteiger partial charge on any atom is 0.257 e. The van der Waals surface area contributed by atoms with Gasteiger partial charge in [-0.25, -0.2) is 4.39 Å². The van der Waals surface area contributed by atoms with E-state index in [4.69, 9.17) is 11.6 Å². The zero-order valence-electron chi connectivity index (χ0n) is 16.3. The van der Waals surface area contributed by atoms with Crippen LogP contribution in [-0.2, 0) is 0 Å². The standard InChI is InChI=1S/C24H14BrClFN3O2/c25-13-9-17-20(22(30-24(17)32)16-11-14(27)6-7-18(16)26)19(10-13)29-23(31)15-5-1-3-12-4-2-8-28-21(12)15/h1-11,22H,(H,29,31)(H,30,32). The Labute approximate surface area is 195 Å². The van der Waals surface area contributed by atoms with E-state index in [0.717, 1.165) is 5.39 Å². The van der Waals surface area contributed by atoms with Crippen molar-refractivity contribution < 1.29 is 14.0 Å². The number of carbonyl (C=O) groups is 2. The van der Waals surface area contributed by atoms with Crippen LogP contribution in [0.1, 0.15) is 37.9 Å². The fourth-order valence-electron chi connectivity index (χ4n) is 3.95. The van der Waals surface area contributed by atoms with Crippen molar-refractivity contribution in [2.24, 2.45) is 0 Å². The van der Waals surface area contributed by atoms with Crippen molar-refractivity contribution in [1.29, 1.82) is 0 Å². The summed E-state index contributed by atoms with van der Waals surface area (Å²) in [5, 5.41) is 6.89. The molecule has 4 aromatic rings. The molecule has 5 rings (SSSR count). The van der Waals surface area contributed by atoms with Crippen LogP contribution < -0.4 is 10.6 Å². The number of fused-ring (bicyclic) bond motifs is 2. The molecule has 0 bridgehead atoms. The van der Waals surface area contributed by atoms with Gasteiger partial charge < -0.3 is 10.6 Å². The molecule has 0 saturated heterocycles. The molecule has 1 unspecified atom stereocenters. The Morgan fingerprint density at radius 1 is 1.12 bits per heavy atom. The molecule has 3 aromatic carbocycles. The van der Waals surface area contributed by atoms with Gasteiger partial charge in [0.25, 0.3) is 11.8 Å². The molecule has 1 aliphatic rings. The fourth-order valence-corrected chi connectivity index (χ4v) is 4.63. The van der Waals surface area contributed by atoms with E-state index in [1.54, 1.807) is 36.5 Å². The van der Waals surface area contributed by atoms with Crippen LogP contribution in [0.15, 0.2) is 71.3 Å². The van der Waals surface area contributed by atoms with Crippen molar-refractivity contribution in [2.75, 3.05) is 5.32 Å². The van der Waals surface area contributed by atoms with Gasteiger partial charge >= 0.3 is 0 Å². The first-order valence-electron chi connectivity index (χ1n) is 9.67. The molecule has 8 heteroatoms. The average Bonchev–Trinajstić information content (AvgIpc) is 3.11. The Hall–Kier alpha value is -3.29. The zero-order valence-corrected chi connectivity index (χ0v) is 18.7. The highest BCUT2D eigenvalue weighted by molar-refractivity contribution is 9.10. The molecular weight excluding hydrogens is 497 g/mol. The quantitative estimate of drug-likeness (QED) is 0.362. The number of nitrogens with zero attached hydrogens (tertiary/aromatic N) is 1. The third-order valence-corrected chi connectivity index (χ3v) is 6.15. The topological polar surface area (TPSA) is 71.1 Å². The van der Waals surface area contributed by atoms with Gasteiger partial charge in [-0.1, -0.05) is 45.7 Å². The predicted octanol–water partition coefficient (Wildman–Crippen LogP) is 5.87. The zero-order chi connectivity index (χ0) is 22.4. The van der Waals surface area contributed by atoms with Crippen LogP contribution in [0, 0.1) is 5.82 Å². The highest BCUT2D eigenvalue weighted by Crippen LogP contribution is 2.41. The summed E-state index contributed by atoms with van der Waals surface area (Å²) >= 11 is 9.72. The molecular formula is C24H14BrClFN3O2. The van der Waals surface area contributed by atoms with E-state index in [1.165, 1.54) is 18.2 Å². The minimum absolute atomic E-state index is 0.308. The number of halogens is 3. The lowest BCUT2D eigenvalue weighted by Gasteiger charge is -2.18. The average molecular weight is 511 g/mol. The number of amides is 2. The van der Waals surface area contributed by atoms with Gasteiger partial charge in [0, 0.05) is 43.5 Å². The number of para-hydroxylation sites is 1. The van der Waals surface area contributed by atoms with E-state index in [-0.39, 0.29) is 11.8 Å². The van der Waals surface area contributed by atoms with Gasteiger partial charge in [-0.05, 0) is 42.5 Å². The Morgan fingerprint density at radius 3 is 2.78 bits per heavy atom. The van der Waals surface area contributed by atoms with Gasteiger partial charge in [-0.15, -0.1) is 0 Å². The van der Waals surface area contributed by atoms with E-state index in [2.05, 4.69) is 31.5 Å². The Bertz CT molecular complexity index is 1420. The molecule has 0 spiro atoms. The number of benzene rings is 3. The summed E-state index contributed by atoms with van der Waals surface area (Å²) in [5.74, 6) is -1.19. The summed E-state index contributed by atoms with van der Waals surface area (Å²) in [5.41, 5.74) is 2.68. The SMILES string of the molecule is O=C1NC(c2cc(F)ccc2Cl)c2c(NC(=O)c3cccc4cccnc34)cc(Br)cc21. The lowest BCUT2D eigenvalue weighted by atomic mass is 9.96. The van der Waals surface area contributed by atoms with Crippen molar-refractivity contribution in [3.05, 3.63) is 104 Å². The minimum Gasteiger partial charge on any atom is -0.341 e. The van der Waals surface area contributed by atoms with E-state index in [9.17, 15) is 14.0 Å². The fraction of sp³-hybridized carbons (Fsp3) is 0.0417. The van der Waals surface area contributed by atoms with Crippen molar-refractivity contribution in [3.63, 3.8) is 0 Å². The third-order valence-electron chi connectivity index (χ3n) is 5.35. The van der Waals surface area contributed by atoms with E-state index in [1.807, 2.05) is 12.1 Å². The molecule has 0 saturated carbocycles. The second-order valence-electron chi connectivity index (χ2n) is 7.32. The minimum atomic E-state index is -0.713. The molecule has 2 N–H and O–H groups in total. The van der Waals surface area contributed by atoms with Crippen LogP contribution in [-0.4, -0.2) is 16.8 Å². The summed E-state index contributed by atoms with van der Waals surface area (Å²) < 4.78 is 14.6. The summed E-state index contributed by atoms with van der Waals surface area (Å²) in [4.78, 5) is 30.3. The van der Waals surface area contributed by atoms with Crippen molar-refractivity contribution in [1.82, 2.24) is 10.3 Å². The van der Waals surface area contributed by atoms with Crippen LogP contribution >= 0.6 is 27.5 Å². The Balaban J connectivity index is 1.62. The summed E-state index contributed by atoms with van der Waals surface area (Å²) in [6.45, 7) is 0. The van der Waals surface area contributed by atoms with Crippen LogP contribution in [0.25, 0.3) is 10.9 Å². The number of anilines is 1. The van der Waals surface area contributed by atoms with Gasteiger partial charge in [0.2, 0.25) is 0 Å². The lowest BCUT2D eigenvalue weighted by molar-refractivity contribution is 0.0959. The highest BCUT2D eigenvalue weighted by atomic mass is 79.9. The third kappa shape index (κ3) is 3.53. The predicted molar refractivity (Wildman–Crippen MR) is 125 cm³/mol. The maximum absolute atomic E-state index is 14.0. The lowest BCUT2D eigenvalue weighted by Crippen LogP contribution is -2.21. The van der Waals surface area contributed by atoms with E-state index < -0.39 is 11.9 Å². The largest absolute Gasteiger partial charge is 0.341 e. The first kappa shape index (κ1) is 20.6. The molecule has 5 nitrogen and oxygen atoms in total. The van der Waals surface area contributed by atoms with E-state index >= 15 is 0 Å².